The Morgan fingerprint density at radius 3 is 2.65 bits per heavy atom. The van der Waals surface area contributed by atoms with Crippen LogP contribution >= 0.6 is 0 Å². The third-order valence-corrected chi connectivity index (χ3v) is 7.21. The van der Waals surface area contributed by atoms with E-state index >= 15 is 0 Å². The maximum absolute atomic E-state index is 12.7. The van der Waals surface area contributed by atoms with E-state index in [-0.39, 0.29) is 29.3 Å². The van der Waals surface area contributed by atoms with Crippen molar-refractivity contribution < 1.29 is 9.59 Å². The van der Waals surface area contributed by atoms with Crippen molar-refractivity contribution >= 4 is 17.9 Å². The van der Waals surface area contributed by atoms with Crippen LogP contribution in [0.5, 0.6) is 0 Å². The number of amides is 3. The molecular weight excluding hydrogens is 392 g/mol. The summed E-state index contributed by atoms with van der Waals surface area (Å²) < 4.78 is 0. The molecule has 0 bridgehead atoms. The molecule has 2 N–H and O–H groups in total. The van der Waals surface area contributed by atoms with Crippen molar-refractivity contribution in [3.63, 3.8) is 0 Å². The van der Waals surface area contributed by atoms with Crippen LogP contribution in [-0.2, 0) is 11.3 Å². The first-order valence-electron chi connectivity index (χ1n) is 11.0. The molecule has 3 fully saturated rings. The monoisotopic (exact) mass is 420 g/mol. The van der Waals surface area contributed by atoms with Crippen molar-refractivity contribution in [1.29, 1.82) is 0 Å². The first kappa shape index (κ1) is 19.8. The molecule has 1 aromatic carbocycles. The molecule has 0 saturated carbocycles. The SMILES string of the molecule is Cc1ccccc1CNC(=O)N1CCC2(CC1)NC(=O)[C@@H]1CN(c3ncccn3)C[C@@H]12. The minimum absolute atomic E-state index is 0.0368. The highest BCUT2D eigenvalue weighted by Crippen LogP contribution is 2.44. The summed E-state index contributed by atoms with van der Waals surface area (Å²) in [7, 11) is 0. The Balaban J connectivity index is 1.21. The molecule has 0 aliphatic carbocycles. The van der Waals surface area contributed by atoms with Crippen LogP contribution in [0.4, 0.5) is 10.7 Å². The van der Waals surface area contributed by atoms with Crippen LogP contribution in [0.15, 0.2) is 42.7 Å². The fourth-order valence-electron chi connectivity index (χ4n) is 5.37. The zero-order chi connectivity index (χ0) is 21.4. The van der Waals surface area contributed by atoms with Crippen LogP contribution in [0.25, 0.3) is 0 Å². The number of carbonyl (C=O) groups is 2. The number of piperidine rings is 1. The number of rotatable bonds is 3. The maximum atomic E-state index is 12.7. The summed E-state index contributed by atoms with van der Waals surface area (Å²) in [5, 5.41) is 6.35. The van der Waals surface area contributed by atoms with Gasteiger partial charge in [-0.25, -0.2) is 14.8 Å². The Morgan fingerprint density at radius 2 is 1.90 bits per heavy atom. The Morgan fingerprint density at radius 1 is 1.16 bits per heavy atom. The number of urea groups is 1. The van der Waals surface area contributed by atoms with Gasteiger partial charge in [0.1, 0.15) is 0 Å². The molecule has 3 amide bonds. The van der Waals surface area contributed by atoms with E-state index in [0.29, 0.717) is 32.1 Å². The van der Waals surface area contributed by atoms with E-state index in [0.717, 1.165) is 24.9 Å². The second-order valence-electron chi connectivity index (χ2n) is 8.88. The van der Waals surface area contributed by atoms with Crippen LogP contribution in [-0.4, -0.2) is 58.5 Å². The second-order valence-corrected chi connectivity index (χ2v) is 8.88. The summed E-state index contributed by atoms with van der Waals surface area (Å²) in [4.78, 5) is 38.2. The summed E-state index contributed by atoms with van der Waals surface area (Å²) in [6.45, 7) is 5.29. The number of hydrogen-bond donors (Lipinski definition) is 2. The molecule has 5 rings (SSSR count). The number of fused-ring (bicyclic) bond motifs is 2. The van der Waals surface area contributed by atoms with Crippen molar-refractivity contribution in [2.24, 2.45) is 11.8 Å². The van der Waals surface area contributed by atoms with E-state index in [1.54, 1.807) is 18.5 Å². The highest BCUT2D eigenvalue weighted by atomic mass is 16.2. The van der Waals surface area contributed by atoms with Crippen molar-refractivity contribution in [1.82, 2.24) is 25.5 Å². The Bertz CT molecular complexity index is 973. The molecule has 0 unspecified atom stereocenters. The average Bonchev–Trinajstić information content (AvgIpc) is 3.35. The quantitative estimate of drug-likeness (QED) is 0.789. The van der Waals surface area contributed by atoms with Gasteiger partial charge in [0, 0.05) is 56.6 Å². The number of anilines is 1. The standard InChI is InChI=1S/C23H28N6O2/c1-16-5-2-3-6-17(16)13-26-22(31)28-11-7-23(8-12-28)19-15-29(14-18(19)20(30)27-23)21-24-9-4-10-25-21/h2-6,9-10,18-19H,7-8,11-15H2,1H3,(H,26,31)(H,27,30)/t18-,19+/m1/s1. The Hall–Kier alpha value is -3.16. The lowest BCUT2D eigenvalue weighted by Crippen LogP contribution is -2.57. The summed E-state index contributed by atoms with van der Waals surface area (Å²) >= 11 is 0. The van der Waals surface area contributed by atoms with E-state index in [2.05, 4.69) is 38.5 Å². The van der Waals surface area contributed by atoms with Crippen LogP contribution in [0.3, 0.4) is 0 Å². The molecular formula is C23H28N6O2. The van der Waals surface area contributed by atoms with Crippen molar-refractivity contribution in [3.05, 3.63) is 53.9 Å². The van der Waals surface area contributed by atoms with Gasteiger partial charge in [0.05, 0.1) is 5.92 Å². The van der Waals surface area contributed by atoms with Gasteiger partial charge >= 0.3 is 6.03 Å². The number of nitrogens with zero attached hydrogens (tertiary/aromatic N) is 4. The molecule has 2 aromatic rings. The number of hydrogen-bond acceptors (Lipinski definition) is 5. The zero-order valence-corrected chi connectivity index (χ0v) is 17.8. The predicted octanol–water partition coefficient (Wildman–Crippen LogP) is 1.71. The molecule has 1 spiro atoms. The molecule has 1 aromatic heterocycles. The van der Waals surface area contributed by atoms with Gasteiger partial charge in [0.15, 0.2) is 0 Å². The number of carbonyl (C=O) groups excluding carboxylic acids is 2. The Kier molecular flexibility index (Phi) is 5.00. The van der Waals surface area contributed by atoms with Gasteiger partial charge in [-0.15, -0.1) is 0 Å². The summed E-state index contributed by atoms with van der Waals surface area (Å²) in [5.74, 6) is 1.000. The van der Waals surface area contributed by atoms with Gasteiger partial charge in [0.25, 0.3) is 0 Å². The number of aryl methyl sites for hydroxylation is 1. The zero-order valence-electron chi connectivity index (χ0n) is 17.8. The molecule has 3 saturated heterocycles. The molecule has 31 heavy (non-hydrogen) atoms. The minimum Gasteiger partial charge on any atom is -0.350 e. The minimum atomic E-state index is -0.238. The lowest BCUT2D eigenvalue weighted by atomic mass is 9.75. The highest BCUT2D eigenvalue weighted by Gasteiger charge is 2.57. The van der Waals surface area contributed by atoms with Crippen LogP contribution in [0, 0.1) is 18.8 Å². The van der Waals surface area contributed by atoms with E-state index in [1.165, 1.54) is 5.56 Å². The van der Waals surface area contributed by atoms with Crippen LogP contribution in [0.2, 0.25) is 0 Å². The third kappa shape index (κ3) is 3.60. The number of aromatic nitrogens is 2. The Labute approximate surface area is 182 Å². The first-order chi connectivity index (χ1) is 15.1. The molecule has 8 nitrogen and oxygen atoms in total. The highest BCUT2D eigenvalue weighted by molar-refractivity contribution is 5.84. The maximum Gasteiger partial charge on any atom is 0.317 e. The predicted molar refractivity (Wildman–Crippen MR) is 116 cm³/mol. The van der Waals surface area contributed by atoms with E-state index in [9.17, 15) is 9.59 Å². The fourth-order valence-corrected chi connectivity index (χ4v) is 5.37. The van der Waals surface area contributed by atoms with Gasteiger partial charge in [0.2, 0.25) is 11.9 Å². The lowest BCUT2D eigenvalue weighted by molar-refractivity contribution is -0.122. The van der Waals surface area contributed by atoms with Gasteiger partial charge in [-0.3, -0.25) is 4.79 Å². The molecule has 3 aliphatic heterocycles. The van der Waals surface area contributed by atoms with Crippen LogP contribution < -0.4 is 15.5 Å². The average molecular weight is 421 g/mol. The lowest BCUT2D eigenvalue weighted by Gasteiger charge is -2.42. The topological polar surface area (TPSA) is 90.5 Å². The third-order valence-electron chi connectivity index (χ3n) is 7.21. The first-order valence-corrected chi connectivity index (χ1v) is 11.0. The summed E-state index contributed by atoms with van der Waals surface area (Å²) in [5.41, 5.74) is 2.07. The van der Waals surface area contributed by atoms with E-state index < -0.39 is 0 Å². The molecule has 4 heterocycles. The van der Waals surface area contributed by atoms with Crippen molar-refractivity contribution in [3.8, 4) is 0 Å². The van der Waals surface area contributed by atoms with Crippen LogP contribution in [0.1, 0.15) is 24.0 Å². The second kappa shape index (κ2) is 7.83. The van der Waals surface area contributed by atoms with E-state index in [1.807, 2.05) is 23.1 Å². The number of benzene rings is 1. The smallest absolute Gasteiger partial charge is 0.317 e. The van der Waals surface area contributed by atoms with Gasteiger partial charge in [-0.05, 0) is 37.0 Å². The molecule has 0 radical (unpaired) electrons. The number of likely N-dealkylation sites (tertiary alicyclic amines) is 1. The fraction of sp³-hybridized carbons (Fsp3) is 0.478. The normalized spacial score (nSPS) is 24.2. The molecule has 2 atom stereocenters. The molecule has 3 aliphatic rings. The van der Waals surface area contributed by atoms with Gasteiger partial charge in [-0.1, -0.05) is 24.3 Å². The largest absolute Gasteiger partial charge is 0.350 e. The van der Waals surface area contributed by atoms with Gasteiger partial charge in [-0.2, -0.15) is 0 Å². The summed E-state index contributed by atoms with van der Waals surface area (Å²) in [6.07, 6.45) is 5.03. The molecule has 8 heteroatoms. The van der Waals surface area contributed by atoms with Crippen molar-refractivity contribution in [2.75, 3.05) is 31.1 Å². The van der Waals surface area contributed by atoms with Crippen molar-refractivity contribution in [2.45, 2.75) is 31.8 Å². The molecule has 162 valence electrons. The van der Waals surface area contributed by atoms with Gasteiger partial charge < -0.3 is 20.4 Å². The number of nitrogens with one attached hydrogen (secondary N) is 2. The van der Waals surface area contributed by atoms with E-state index in [4.69, 9.17) is 0 Å². The summed E-state index contributed by atoms with van der Waals surface area (Å²) in [6, 6.07) is 9.85.